The van der Waals surface area contributed by atoms with Gasteiger partial charge in [0.1, 0.15) is 0 Å². The lowest BCUT2D eigenvalue weighted by atomic mass is 9.82. The lowest BCUT2D eigenvalue weighted by Crippen LogP contribution is -2.68. The predicted molar refractivity (Wildman–Crippen MR) is 86.6 cm³/mol. The summed E-state index contributed by atoms with van der Waals surface area (Å²) in [6.45, 7) is 7.62. The van der Waals surface area contributed by atoms with Gasteiger partial charge < -0.3 is 18.9 Å². The minimum Gasteiger partial charge on any atom is -0.381 e. The highest BCUT2D eigenvalue weighted by molar-refractivity contribution is 5.03. The van der Waals surface area contributed by atoms with E-state index >= 15 is 0 Å². The Balaban J connectivity index is 1.22. The molecule has 4 fully saturated rings. The van der Waals surface area contributed by atoms with Crippen LogP contribution in [0, 0.1) is 5.92 Å². The van der Waals surface area contributed by atoms with Crippen molar-refractivity contribution >= 4 is 0 Å². The molecule has 0 saturated carbocycles. The van der Waals surface area contributed by atoms with Crippen molar-refractivity contribution in [3.63, 3.8) is 0 Å². The van der Waals surface area contributed by atoms with E-state index < -0.39 is 0 Å². The average molecular weight is 325 g/mol. The van der Waals surface area contributed by atoms with Crippen molar-refractivity contribution < 1.29 is 18.9 Å². The van der Waals surface area contributed by atoms with Crippen molar-refractivity contribution in [3.05, 3.63) is 0 Å². The molecule has 4 aliphatic rings. The second-order valence-electron chi connectivity index (χ2n) is 7.78. The van der Waals surface area contributed by atoms with Crippen molar-refractivity contribution in [3.8, 4) is 0 Å². The second-order valence-corrected chi connectivity index (χ2v) is 7.78. The number of likely N-dealkylation sites (tertiary alicyclic amines) is 1. The van der Waals surface area contributed by atoms with Crippen molar-refractivity contribution in [2.45, 2.75) is 56.3 Å². The summed E-state index contributed by atoms with van der Waals surface area (Å²) in [5.74, 6) is 0.697. The fourth-order valence-corrected chi connectivity index (χ4v) is 4.53. The average Bonchev–Trinajstić information content (AvgIpc) is 2.60. The Morgan fingerprint density at radius 2 is 1.57 bits per heavy atom. The lowest BCUT2D eigenvalue weighted by Gasteiger charge is -2.56. The van der Waals surface area contributed by atoms with Crippen LogP contribution in [-0.4, -0.2) is 75.4 Å². The fraction of sp³-hybridized carbons (Fsp3) is 1.00. The molecule has 0 aromatic rings. The molecule has 4 saturated heterocycles. The third-order valence-electron chi connectivity index (χ3n) is 6.05. The molecule has 132 valence electrons. The van der Waals surface area contributed by atoms with Crippen molar-refractivity contribution in [2.24, 2.45) is 5.92 Å². The third kappa shape index (κ3) is 3.90. The molecule has 23 heavy (non-hydrogen) atoms. The Labute approximate surface area is 139 Å². The van der Waals surface area contributed by atoms with E-state index in [-0.39, 0.29) is 5.60 Å². The van der Waals surface area contributed by atoms with E-state index in [1.165, 1.54) is 12.8 Å². The Kier molecular flexibility index (Phi) is 5.21. The molecule has 1 spiro atoms. The van der Waals surface area contributed by atoms with Gasteiger partial charge in [-0.3, -0.25) is 4.90 Å². The molecule has 4 heterocycles. The number of rotatable bonds is 4. The molecule has 0 radical (unpaired) electrons. The second kappa shape index (κ2) is 7.36. The quantitative estimate of drug-likeness (QED) is 0.789. The summed E-state index contributed by atoms with van der Waals surface area (Å²) in [5.41, 5.74) is 0.0803. The van der Waals surface area contributed by atoms with E-state index in [2.05, 4.69) is 4.90 Å². The molecule has 4 aliphatic heterocycles. The van der Waals surface area contributed by atoms with Gasteiger partial charge in [0, 0.05) is 65.2 Å². The Morgan fingerprint density at radius 3 is 2.30 bits per heavy atom. The van der Waals surface area contributed by atoms with E-state index in [9.17, 15) is 0 Å². The van der Waals surface area contributed by atoms with Gasteiger partial charge in [-0.25, -0.2) is 0 Å². The van der Waals surface area contributed by atoms with Crippen LogP contribution in [0.4, 0.5) is 0 Å². The first kappa shape index (κ1) is 16.3. The van der Waals surface area contributed by atoms with Crippen LogP contribution in [0.3, 0.4) is 0 Å². The van der Waals surface area contributed by atoms with E-state index in [4.69, 9.17) is 18.9 Å². The van der Waals surface area contributed by atoms with Crippen LogP contribution in [0.15, 0.2) is 0 Å². The smallest absolute Gasteiger partial charge is 0.0959 e. The van der Waals surface area contributed by atoms with E-state index in [1.807, 2.05) is 0 Å². The minimum absolute atomic E-state index is 0.0803. The molecule has 5 nitrogen and oxygen atoms in total. The molecule has 0 N–H and O–H groups in total. The molecular weight excluding hydrogens is 294 g/mol. The predicted octanol–water partition coefficient (Wildman–Crippen LogP) is 1.84. The van der Waals surface area contributed by atoms with Crippen LogP contribution >= 0.6 is 0 Å². The van der Waals surface area contributed by atoms with Gasteiger partial charge in [-0.1, -0.05) is 0 Å². The summed E-state index contributed by atoms with van der Waals surface area (Å²) < 4.78 is 23.3. The van der Waals surface area contributed by atoms with Crippen molar-refractivity contribution in [1.82, 2.24) is 4.90 Å². The highest BCUT2D eigenvalue weighted by atomic mass is 16.5. The maximum absolute atomic E-state index is 6.26. The molecule has 0 bridgehead atoms. The third-order valence-corrected chi connectivity index (χ3v) is 6.05. The van der Waals surface area contributed by atoms with Crippen LogP contribution in [0.2, 0.25) is 0 Å². The molecule has 0 aromatic carbocycles. The topological polar surface area (TPSA) is 40.2 Å². The van der Waals surface area contributed by atoms with Gasteiger partial charge >= 0.3 is 0 Å². The molecule has 5 heteroatoms. The van der Waals surface area contributed by atoms with Gasteiger partial charge in [0.05, 0.1) is 11.7 Å². The summed E-state index contributed by atoms with van der Waals surface area (Å²) in [7, 11) is 0. The minimum atomic E-state index is 0.0803. The largest absolute Gasteiger partial charge is 0.381 e. The first-order chi connectivity index (χ1) is 11.3. The summed E-state index contributed by atoms with van der Waals surface area (Å²) in [6, 6.07) is 0.710. The zero-order valence-electron chi connectivity index (χ0n) is 14.2. The van der Waals surface area contributed by atoms with E-state index in [0.29, 0.717) is 18.1 Å². The normalized spacial score (nSPS) is 33.7. The molecule has 0 aliphatic carbocycles. The maximum atomic E-state index is 6.26. The van der Waals surface area contributed by atoms with Gasteiger partial charge in [0.15, 0.2) is 0 Å². The van der Waals surface area contributed by atoms with Gasteiger partial charge in [0.2, 0.25) is 0 Å². The van der Waals surface area contributed by atoms with Gasteiger partial charge in [-0.15, -0.1) is 0 Å². The van der Waals surface area contributed by atoms with Crippen LogP contribution in [0.1, 0.15) is 38.5 Å². The van der Waals surface area contributed by atoms with Crippen molar-refractivity contribution in [1.29, 1.82) is 0 Å². The Bertz CT molecular complexity index is 373. The highest BCUT2D eigenvalue weighted by Gasteiger charge is 2.49. The molecule has 0 amide bonds. The van der Waals surface area contributed by atoms with Gasteiger partial charge in [-0.05, 0) is 38.0 Å². The van der Waals surface area contributed by atoms with E-state index in [1.54, 1.807) is 0 Å². The van der Waals surface area contributed by atoms with E-state index in [0.717, 1.165) is 78.4 Å². The summed E-state index contributed by atoms with van der Waals surface area (Å²) in [4.78, 5) is 2.60. The van der Waals surface area contributed by atoms with Crippen LogP contribution in [0.5, 0.6) is 0 Å². The van der Waals surface area contributed by atoms with Crippen molar-refractivity contribution in [2.75, 3.05) is 52.7 Å². The molecule has 0 aromatic heterocycles. The zero-order valence-corrected chi connectivity index (χ0v) is 14.2. The van der Waals surface area contributed by atoms with Gasteiger partial charge in [-0.2, -0.15) is 0 Å². The maximum Gasteiger partial charge on any atom is 0.0959 e. The molecule has 4 rings (SSSR count). The zero-order chi connectivity index (χ0) is 15.5. The molecule has 1 atom stereocenters. The standard InChI is InChI=1S/C18H31NO4/c1-6-20-7-2-15(1)12-22-17-5-10-23-18(11-17)13-19(14-18)16-3-8-21-9-4-16/h15-17H,1-14H2/t17-/m0/s1. The number of ether oxygens (including phenoxy) is 4. The summed E-state index contributed by atoms with van der Waals surface area (Å²) in [6.07, 6.45) is 7.21. The SMILES string of the molecule is C1CC(CO[C@H]2CCOC3(C2)CN(C2CCOCC2)C3)CCO1. The Hall–Kier alpha value is -0.200. The summed E-state index contributed by atoms with van der Waals surface area (Å²) >= 11 is 0. The lowest BCUT2D eigenvalue weighted by molar-refractivity contribution is -0.211. The summed E-state index contributed by atoms with van der Waals surface area (Å²) in [5, 5.41) is 0. The number of hydrogen-bond donors (Lipinski definition) is 0. The molecular formula is C18H31NO4. The molecule has 0 unspecified atom stereocenters. The monoisotopic (exact) mass is 325 g/mol. The Morgan fingerprint density at radius 1 is 0.870 bits per heavy atom. The van der Waals surface area contributed by atoms with Crippen LogP contribution < -0.4 is 0 Å². The first-order valence-corrected chi connectivity index (χ1v) is 9.48. The van der Waals surface area contributed by atoms with Gasteiger partial charge in [0.25, 0.3) is 0 Å². The fourth-order valence-electron chi connectivity index (χ4n) is 4.53. The first-order valence-electron chi connectivity index (χ1n) is 9.48. The number of hydrogen-bond acceptors (Lipinski definition) is 5. The number of nitrogens with zero attached hydrogens (tertiary/aromatic N) is 1. The van der Waals surface area contributed by atoms with Crippen LogP contribution in [0.25, 0.3) is 0 Å². The van der Waals surface area contributed by atoms with Crippen LogP contribution in [-0.2, 0) is 18.9 Å². The highest BCUT2D eigenvalue weighted by Crippen LogP contribution is 2.38.